The molecule has 0 unspecified atom stereocenters. The van der Waals surface area contributed by atoms with Crippen LogP contribution in [0.15, 0.2) is 65.8 Å². The molecule has 0 saturated carbocycles. The smallest absolute Gasteiger partial charge is 0.417 e. The van der Waals surface area contributed by atoms with Gasteiger partial charge in [0.05, 0.1) is 17.7 Å². The molecule has 1 heterocycles. The van der Waals surface area contributed by atoms with E-state index in [-0.39, 0.29) is 18.6 Å². The van der Waals surface area contributed by atoms with E-state index in [1.54, 1.807) is 0 Å². The minimum absolute atomic E-state index is 0.213. The van der Waals surface area contributed by atoms with Crippen molar-refractivity contribution in [3.05, 3.63) is 71.8 Å². The Hall–Kier alpha value is -3.15. The zero-order chi connectivity index (χ0) is 23.5. The Morgan fingerprint density at radius 3 is 2.36 bits per heavy atom. The van der Waals surface area contributed by atoms with E-state index >= 15 is 0 Å². The summed E-state index contributed by atoms with van der Waals surface area (Å²) in [6.45, 7) is 4.64. The quantitative estimate of drug-likeness (QED) is 0.234. The number of carbonyl (C=O) groups is 2. The molecule has 2 atom stereocenters. The van der Waals surface area contributed by atoms with Crippen molar-refractivity contribution in [3.8, 4) is 0 Å². The van der Waals surface area contributed by atoms with Crippen LogP contribution in [0.1, 0.15) is 57.1 Å². The third kappa shape index (κ3) is 6.91. The lowest BCUT2D eigenvalue weighted by molar-refractivity contribution is -0.131. The molecule has 176 valence electrons. The molecule has 2 amide bonds. The fourth-order valence-electron chi connectivity index (χ4n) is 4.10. The molecule has 1 saturated heterocycles. The highest BCUT2D eigenvalue weighted by molar-refractivity contribution is 6.08. The lowest BCUT2D eigenvalue weighted by Crippen LogP contribution is -2.45. The summed E-state index contributed by atoms with van der Waals surface area (Å²) in [4.78, 5) is 33.2. The van der Waals surface area contributed by atoms with Gasteiger partial charge in [0.1, 0.15) is 13.2 Å². The van der Waals surface area contributed by atoms with E-state index in [1.165, 1.54) is 4.90 Å². The van der Waals surface area contributed by atoms with Gasteiger partial charge in [-0.2, -0.15) is 0 Å². The van der Waals surface area contributed by atoms with Crippen LogP contribution in [0, 0.1) is 5.92 Å². The van der Waals surface area contributed by atoms with Gasteiger partial charge in [-0.1, -0.05) is 98.9 Å². The van der Waals surface area contributed by atoms with Gasteiger partial charge in [-0.05, 0) is 30.4 Å². The van der Waals surface area contributed by atoms with Gasteiger partial charge in [-0.3, -0.25) is 4.79 Å². The molecule has 2 aromatic carbocycles. The first-order chi connectivity index (χ1) is 16.1. The van der Waals surface area contributed by atoms with Crippen LogP contribution >= 0.6 is 0 Å². The van der Waals surface area contributed by atoms with Crippen molar-refractivity contribution in [3.63, 3.8) is 0 Å². The van der Waals surface area contributed by atoms with Crippen LogP contribution in [-0.2, 0) is 27.4 Å². The van der Waals surface area contributed by atoms with Crippen molar-refractivity contribution < 1.29 is 19.2 Å². The molecule has 0 bridgehead atoms. The highest BCUT2D eigenvalue weighted by Gasteiger charge is 2.41. The van der Waals surface area contributed by atoms with Gasteiger partial charge in [-0.15, -0.1) is 0 Å². The minimum atomic E-state index is -0.568. The van der Waals surface area contributed by atoms with Gasteiger partial charge in [0.2, 0.25) is 5.91 Å². The summed E-state index contributed by atoms with van der Waals surface area (Å²) >= 11 is 0. The van der Waals surface area contributed by atoms with Crippen LogP contribution < -0.4 is 0 Å². The molecule has 3 rings (SSSR count). The summed E-state index contributed by atoms with van der Waals surface area (Å²) in [5, 5.41) is 4.36. The van der Waals surface area contributed by atoms with E-state index in [4.69, 9.17) is 9.57 Å². The maximum atomic E-state index is 13.7. The predicted molar refractivity (Wildman–Crippen MR) is 129 cm³/mol. The van der Waals surface area contributed by atoms with Gasteiger partial charge < -0.3 is 9.57 Å². The van der Waals surface area contributed by atoms with Crippen molar-refractivity contribution in [2.45, 2.75) is 65.0 Å². The molecule has 2 aromatic rings. The molecular weight excluding hydrogens is 416 g/mol. The number of rotatable bonds is 12. The molecule has 0 aromatic heterocycles. The number of hydrogen-bond donors (Lipinski definition) is 0. The number of unbranched alkanes of at least 4 members (excludes halogenated alkanes) is 2. The van der Waals surface area contributed by atoms with Crippen molar-refractivity contribution in [1.29, 1.82) is 0 Å². The van der Waals surface area contributed by atoms with Gasteiger partial charge in [-0.25, -0.2) is 9.69 Å². The Labute approximate surface area is 196 Å². The number of ether oxygens (including phenoxy) is 1. The Bertz CT molecular complexity index is 914. The van der Waals surface area contributed by atoms with Gasteiger partial charge in [0.25, 0.3) is 0 Å². The van der Waals surface area contributed by atoms with E-state index in [9.17, 15) is 9.59 Å². The summed E-state index contributed by atoms with van der Waals surface area (Å²) in [5.41, 5.74) is 2.75. The van der Waals surface area contributed by atoms with E-state index in [0.717, 1.165) is 30.4 Å². The second-order valence-electron chi connectivity index (χ2n) is 8.37. The van der Waals surface area contributed by atoms with Gasteiger partial charge >= 0.3 is 6.09 Å². The summed E-state index contributed by atoms with van der Waals surface area (Å²) in [7, 11) is 0. The zero-order valence-corrected chi connectivity index (χ0v) is 19.6. The number of hydrogen-bond acceptors (Lipinski definition) is 5. The van der Waals surface area contributed by atoms with Crippen molar-refractivity contribution in [2.24, 2.45) is 11.1 Å². The van der Waals surface area contributed by atoms with Crippen LogP contribution in [0.3, 0.4) is 0 Å². The minimum Gasteiger partial charge on any atom is -0.447 e. The first kappa shape index (κ1) is 24.5. The molecule has 1 aliphatic heterocycles. The molecule has 1 fully saturated rings. The lowest BCUT2D eigenvalue weighted by Gasteiger charge is -2.25. The number of benzene rings is 2. The first-order valence-electron chi connectivity index (χ1n) is 11.9. The Morgan fingerprint density at radius 1 is 1.06 bits per heavy atom. The van der Waals surface area contributed by atoms with Crippen LogP contribution in [0.5, 0.6) is 0 Å². The molecule has 6 nitrogen and oxygen atoms in total. The second kappa shape index (κ2) is 12.8. The van der Waals surface area contributed by atoms with Gasteiger partial charge in [0.15, 0.2) is 0 Å². The summed E-state index contributed by atoms with van der Waals surface area (Å²) in [6, 6.07) is 19.3. The Morgan fingerprint density at radius 2 is 1.73 bits per heavy atom. The third-order valence-electron chi connectivity index (χ3n) is 5.93. The monoisotopic (exact) mass is 450 g/mol. The fraction of sp³-hybridized carbons (Fsp3) is 0.444. The standard InChI is InChI=1S/C27H34N2O4/c1-3-5-8-17-24(25(4-2)28-33-19-22-15-11-7-12-16-22)26(30)29-23(20-32-27(29)31)18-21-13-9-6-10-14-21/h6-7,9-16,23-24H,3-5,8,17-20H2,1-2H3/b28-25+/t23-,24+/m0/s1. The average molecular weight is 451 g/mol. The maximum absolute atomic E-state index is 13.7. The number of imide groups is 1. The molecule has 1 aliphatic rings. The van der Waals surface area contributed by atoms with E-state index in [0.29, 0.717) is 31.6 Å². The fourth-order valence-corrected chi connectivity index (χ4v) is 4.10. The lowest BCUT2D eigenvalue weighted by atomic mass is 9.92. The average Bonchev–Trinajstić information content (AvgIpc) is 3.21. The molecular formula is C27H34N2O4. The van der Waals surface area contributed by atoms with Crippen LogP contribution in [0.25, 0.3) is 0 Å². The molecule has 0 aliphatic carbocycles. The van der Waals surface area contributed by atoms with E-state index in [2.05, 4.69) is 12.1 Å². The largest absolute Gasteiger partial charge is 0.447 e. The number of carbonyl (C=O) groups excluding carboxylic acids is 2. The SMILES string of the molecule is CCCCC[C@@H](C(=O)N1C(=O)OC[C@@H]1Cc1ccccc1)/C(CC)=N/OCc1ccccc1. The maximum Gasteiger partial charge on any atom is 0.417 e. The topological polar surface area (TPSA) is 68.2 Å². The summed E-state index contributed by atoms with van der Waals surface area (Å²) < 4.78 is 5.29. The Balaban J connectivity index is 1.77. The highest BCUT2D eigenvalue weighted by atomic mass is 16.6. The number of amides is 2. The van der Waals surface area contributed by atoms with E-state index < -0.39 is 12.0 Å². The number of oxime groups is 1. The predicted octanol–water partition coefficient (Wildman–Crippen LogP) is 5.76. The van der Waals surface area contributed by atoms with Crippen molar-refractivity contribution in [1.82, 2.24) is 4.90 Å². The van der Waals surface area contributed by atoms with Gasteiger partial charge in [0, 0.05) is 0 Å². The number of cyclic esters (lactones) is 1. The molecule has 0 radical (unpaired) electrons. The molecule has 0 spiro atoms. The first-order valence-corrected chi connectivity index (χ1v) is 11.9. The van der Waals surface area contributed by atoms with E-state index in [1.807, 2.05) is 67.6 Å². The number of nitrogens with zero attached hydrogens (tertiary/aromatic N) is 2. The molecule has 33 heavy (non-hydrogen) atoms. The van der Waals surface area contributed by atoms with Crippen LogP contribution in [0.2, 0.25) is 0 Å². The Kier molecular flexibility index (Phi) is 9.48. The van der Waals surface area contributed by atoms with Crippen LogP contribution in [0.4, 0.5) is 4.79 Å². The highest BCUT2D eigenvalue weighted by Crippen LogP contribution is 2.24. The second-order valence-corrected chi connectivity index (χ2v) is 8.37. The summed E-state index contributed by atoms with van der Waals surface area (Å²) in [6.07, 6.45) is 4.16. The van der Waals surface area contributed by atoms with Crippen LogP contribution in [-0.4, -0.2) is 35.3 Å². The molecule has 0 N–H and O–H groups in total. The third-order valence-corrected chi connectivity index (χ3v) is 5.93. The van der Waals surface area contributed by atoms with Crippen molar-refractivity contribution >= 4 is 17.7 Å². The zero-order valence-electron chi connectivity index (χ0n) is 19.6. The normalized spacial score (nSPS) is 17.0. The molecule has 6 heteroatoms. The van der Waals surface area contributed by atoms with Crippen molar-refractivity contribution in [2.75, 3.05) is 6.61 Å². The summed E-state index contributed by atoms with van der Waals surface area (Å²) in [5.74, 6) is -0.736.